The van der Waals surface area contributed by atoms with Crippen LogP contribution < -0.4 is 0 Å². The molecular weight excluding hydrogens is 300 g/mol. The maximum absolute atomic E-state index is 11.4. The molecule has 0 aliphatic rings. The van der Waals surface area contributed by atoms with Crippen LogP contribution in [0.3, 0.4) is 0 Å². The second-order valence-electron chi connectivity index (χ2n) is 6.38. The summed E-state index contributed by atoms with van der Waals surface area (Å²) in [6, 6.07) is 0. The molecule has 0 aliphatic carbocycles. The van der Waals surface area contributed by atoms with Crippen LogP contribution >= 0.6 is 0 Å². The van der Waals surface area contributed by atoms with Gasteiger partial charge >= 0.3 is 0 Å². The number of aliphatic hydroxyl groups is 1. The zero-order valence-electron chi connectivity index (χ0n) is 14.5. The van der Waals surface area contributed by atoms with Crippen LogP contribution in [0.25, 0.3) is 0 Å². The SMILES string of the molecule is CCCCCCCCCCC(O)C(CCCCC)S(=O)(=O)O. The van der Waals surface area contributed by atoms with Crippen molar-refractivity contribution in [3.8, 4) is 0 Å². The van der Waals surface area contributed by atoms with Crippen LogP contribution in [0.1, 0.15) is 97.3 Å². The number of hydrogen-bond donors (Lipinski definition) is 2. The fourth-order valence-corrected chi connectivity index (χ4v) is 3.81. The van der Waals surface area contributed by atoms with Gasteiger partial charge in [0.1, 0.15) is 5.25 Å². The molecule has 0 fully saturated rings. The average molecular weight is 337 g/mol. The van der Waals surface area contributed by atoms with E-state index in [0.717, 1.165) is 38.5 Å². The Balaban J connectivity index is 3.90. The lowest BCUT2D eigenvalue weighted by Crippen LogP contribution is -2.33. The van der Waals surface area contributed by atoms with Gasteiger partial charge < -0.3 is 5.11 Å². The maximum atomic E-state index is 11.4. The van der Waals surface area contributed by atoms with Gasteiger partial charge in [-0.1, -0.05) is 84.5 Å². The lowest BCUT2D eigenvalue weighted by Gasteiger charge is -2.20. The van der Waals surface area contributed by atoms with Crippen molar-refractivity contribution >= 4 is 10.1 Å². The minimum absolute atomic E-state index is 0.352. The molecule has 0 aromatic heterocycles. The van der Waals surface area contributed by atoms with Crippen molar-refractivity contribution in [2.75, 3.05) is 0 Å². The first-order valence-corrected chi connectivity index (χ1v) is 10.6. The topological polar surface area (TPSA) is 74.6 Å². The Bertz CT molecular complexity index is 341. The summed E-state index contributed by atoms with van der Waals surface area (Å²) in [5.74, 6) is 0. The summed E-state index contributed by atoms with van der Waals surface area (Å²) < 4.78 is 32.1. The highest BCUT2D eigenvalue weighted by Gasteiger charge is 2.29. The molecule has 0 radical (unpaired) electrons. The van der Waals surface area contributed by atoms with Crippen LogP contribution in [0.15, 0.2) is 0 Å². The van der Waals surface area contributed by atoms with E-state index in [1.807, 2.05) is 6.92 Å². The molecule has 22 heavy (non-hydrogen) atoms. The highest BCUT2D eigenvalue weighted by Crippen LogP contribution is 2.19. The van der Waals surface area contributed by atoms with E-state index in [0.29, 0.717) is 12.8 Å². The van der Waals surface area contributed by atoms with Crippen molar-refractivity contribution < 1.29 is 18.1 Å². The standard InChI is InChI=1S/C17H36O4S/c1-3-5-7-8-9-10-11-13-14-16(18)17(22(19,20)21)15-12-6-4-2/h16-18H,3-15H2,1-2H3,(H,19,20,21). The van der Waals surface area contributed by atoms with Gasteiger partial charge in [0.15, 0.2) is 0 Å². The molecule has 2 unspecified atom stereocenters. The largest absolute Gasteiger partial charge is 0.392 e. The molecule has 0 aliphatic heterocycles. The number of hydrogen-bond acceptors (Lipinski definition) is 3. The molecule has 4 nitrogen and oxygen atoms in total. The molecule has 2 N–H and O–H groups in total. The van der Waals surface area contributed by atoms with E-state index in [1.54, 1.807) is 0 Å². The van der Waals surface area contributed by atoms with E-state index in [-0.39, 0.29) is 0 Å². The summed E-state index contributed by atoms with van der Waals surface area (Å²) in [5.41, 5.74) is 0. The summed E-state index contributed by atoms with van der Waals surface area (Å²) >= 11 is 0. The van der Waals surface area contributed by atoms with Gasteiger partial charge in [0.2, 0.25) is 0 Å². The Morgan fingerprint density at radius 2 is 1.14 bits per heavy atom. The third-order valence-corrected chi connectivity index (χ3v) is 5.57. The minimum atomic E-state index is -4.15. The van der Waals surface area contributed by atoms with Gasteiger partial charge in [-0.15, -0.1) is 0 Å². The number of aliphatic hydroxyl groups excluding tert-OH is 1. The Labute approximate surface area is 137 Å². The highest BCUT2D eigenvalue weighted by molar-refractivity contribution is 7.86. The second-order valence-corrected chi connectivity index (χ2v) is 8.02. The molecule has 0 bridgehead atoms. The van der Waals surface area contributed by atoms with E-state index in [9.17, 15) is 18.1 Å². The van der Waals surface area contributed by atoms with Crippen LogP contribution in [0.2, 0.25) is 0 Å². The van der Waals surface area contributed by atoms with Gasteiger partial charge in [0, 0.05) is 0 Å². The highest BCUT2D eigenvalue weighted by atomic mass is 32.2. The normalized spacial score (nSPS) is 14.9. The van der Waals surface area contributed by atoms with Crippen molar-refractivity contribution in [2.24, 2.45) is 0 Å². The van der Waals surface area contributed by atoms with Gasteiger partial charge in [-0.05, 0) is 12.8 Å². The number of unbranched alkanes of at least 4 members (excludes halogenated alkanes) is 9. The van der Waals surface area contributed by atoms with Crippen LogP contribution in [0.5, 0.6) is 0 Å². The fourth-order valence-electron chi connectivity index (χ4n) is 2.81. The Morgan fingerprint density at radius 1 is 0.727 bits per heavy atom. The first-order chi connectivity index (χ1) is 10.4. The zero-order valence-corrected chi connectivity index (χ0v) is 15.3. The summed E-state index contributed by atoms with van der Waals surface area (Å²) in [7, 11) is -4.15. The third-order valence-electron chi connectivity index (χ3n) is 4.26. The van der Waals surface area contributed by atoms with Crippen LogP contribution in [0.4, 0.5) is 0 Å². The van der Waals surface area contributed by atoms with Crippen molar-refractivity contribution in [1.82, 2.24) is 0 Å². The van der Waals surface area contributed by atoms with Crippen molar-refractivity contribution in [1.29, 1.82) is 0 Å². The van der Waals surface area contributed by atoms with Gasteiger partial charge in [-0.2, -0.15) is 8.42 Å². The molecule has 0 saturated heterocycles. The summed E-state index contributed by atoms with van der Waals surface area (Å²) in [6.07, 6.45) is 11.8. The molecule has 134 valence electrons. The van der Waals surface area contributed by atoms with Gasteiger partial charge in [-0.3, -0.25) is 4.55 Å². The average Bonchev–Trinajstić information content (AvgIpc) is 2.45. The maximum Gasteiger partial charge on any atom is 0.270 e. The molecule has 0 spiro atoms. The molecule has 0 aromatic carbocycles. The lowest BCUT2D eigenvalue weighted by atomic mass is 10.0. The van der Waals surface area contributed by atoms with Gasteiger partial charge in [0.25, 0.3) is 10.1 Å². The zero-order chi connectivity index (χ0) is 16.8. The van der Waals surface area contributed by atoms with E-state index in [1.165, 1.54) is 32.1 Å². The summed E-state index contributed by atoms with van der Waals surface area (Å²) in [4.78, 5) is 0. The van der Waals surface area contributed by atoms with E-state index in [4.69, 9.17) is 0 Å². The van der Waals surface area contributed by atoms with E-state index >= 15 is 0 Å². The van der Waals surface area contributed by atoms with E-state index < -0.39 is 21.5 Å². The molecule has 0 amide bonds. The molecule has 5 heteroatoms. The molecule has 0 saturated carbocycles. The minimum Gasteiger partial charge on any atom is -0.392 e. The summed E-state index contributed by atoms with van der Waals surface area (Å²) in [6.45, 7) is 4.24. The Morgan fingerprint density at radius 3 is 1.64 bits per heavy atom. The smallest absolute Gasteiger partial charge is 0.270 e. The molecule has 0 aromatic rings. The second kappa shape index (κ2) is 13.3. The predicted molar refractivity (Wildman–Crippen MR) is 92.7 cm³/mol. The van der Waals surface area contributed by atoms with Crippen LogP contribution in [0, 0.1) is 0 Å². The predicted octanol–water partition coefficient (Wildman–Crippen LogP) is 4.71. The molecule has 0 heterocycles. The number of rotatable bonds is 15. The van der Waals surface area contributed by atoms with Crippen molar-refractivity contribution in [2.45, 2.75) is 109 Å². The lowest BCUT2D eigenvalue weighted by molar-refractivity contribution is 0.146. The Hall–Kier alpha value is -0.130. The molecule has 2 atom stereocenters. The first-order valence-electron chi connectivity index (χ1n) is 9.07. The van der Waals surface area contributed by atoms with Gasteiger partial charge in [-0.25, -0.2) is 0 Å². The summed E-state index contributed by atoms with van der Waals surface area (Å²) in [5, 5.41) is 9.07. The monoisotopic (exact) mass is 336 g/mol. The quantitative estimate of drug-likeness (QED) is 0.335. The third kappa shape index (κ3) is 11.4. The van der Waals surface area contributed by atoms with Crippen LogP contribution in [-0.2, 0) is 10.1 Å². The first kappa shape index (κ1) is 21.9. The Kier molecular flexibility index (Phi) is 13.2. The van der Waals surface area contributed by atoms with E-state index in [2.05, 4.69) is 6.92 Å². The molecular formula is C17H36O4S. The fraction of sp³-hybridized carbons (Fsp3) is 1.00. The van der Waals surface area contributed by atoms with Crippen molar-refractivity contribution in [3.05, 3.63) is 0 Å². The van der Waals surface area contributed by atoms with Crippen LogP contribution in [-0.4, -0.2) is 29.4 Å². The van der Waals surface area contributed by atoms with Gasteiger partial charge in [0.05, 0.1) is 6.10 Å². The molecule has 0 rings (SSSR count). The van der Waals surface area contributed by atoms with Crippen molar-refractivity contribution in [3.63, 3.8) is 0 Å².